The van der Waals surface area contributed by atoms with Crippen LogP contribution in [0.25, 0.3) is 5.69 Å². The first-order valence-corrected chi connectivity index (χ1v) is 7.94. The van der Waals surface area contributed by atoms with Gasteiger partial charge in [0.15, 0.2) is 0 Å². The quantitative estimate of drug-likeness (QED) is 0.791. The van der Waals surface area contributed by atoms with Crippen molar-refractivity contribution in [2.24, 2.45) is 0 Å². The van der Waals surface area contributed by atoms with Crippen molar-refractivity contribution >= 4 is 12.6 Å². The summed E-state index contributed by atoms with van der Waals surface area (Å²) in [4.78, 5) is 4.11. The molecule has 0 aliphatic carbocycles. The van der Waals surface area contributed by atoms with Crippen LogP contribution in [-0.4, -0.2) is 33.1 Å². The molecule has 3 rings (SSSR count). The monoisotopic (exact) mass is 324 g/mol. The standard InChI is InChI=1S/C17H21BN4O2/c1-11-15(18-23-16(3,4)17(5,6)24-18)12(2)22(21-11)14-8-7-13(9-19)20-10-14/h7-8,10H,1-6H3. The Morgan fingerprint density at radius 3 is 2.25 bits per heavy atom. The van der Waals surface area contributed by atoms with Crippen LogP contribution in [0.3, 0.4) is 0 Å². The topological polar surface area (TPSA) is 73.0 Å². The van der Waals surface area contributed by atoms with Crippen molar-refractivity contribution in [3.63, 3.8) is 0 Å². The Bertz CT molecular complexity index is 802. The van der Waals surface area contributed by atoms with Crippen molar-refractivity contribution in [3.8, 4) is 11.8 Å². The Morgan fingerprint density at radius 1 is 1.12 bits per heavy atom. The van der Waals surface area contributed by atoms with Gasteiger partial charge in [-0.1, -0.05) is 0 Å². The maximum atomic E-state index is 8.88. The molecular formula is C17H21BN4O2. The van der Waals surface area contributed by atoms with Gasteiger partial charge in [0.25, 0.3) is 0 Å². The minimum absolute atomic E-state index is 0.381. The summed E-state index contributed by atoms with van der Waals surface area (Å²) < 4.78 is 14.1. The Labute approximate surface area is 142 Å². The lowest BCUT2D eigenvalue weighted by molar-refractivity contribution is 0.00578. The van der Waals surface area contributed by atoms with Gasteiger partial charge in [-0.2, -0.15) is 10.4 Å². The largest absolute Gasteiger partial charge is 0.498 e. The molecule has 1 fully saturated rings. The second-order valence-corrected chi connectivity index (χ2v) is 7.10. The van der Waals surface area contributed by atoms with Gasteiger partial charge in [-0.25, -0.2) is 9.67 Å². The minimum atomic E-state index is -0.449. The zero-order valence-electron chi connectivity index (χ0n) is 14.9. The van der Waals surface area contributed by atoms with E-state index in [0.717, 1.165) is 22.5 Å². The number of rotatable bonds is 2. The number of aryl methyl sites for hydroxylation is 1. The van der Waals surface area contributed by atoms with E-state index < -0.39 is 18.3 Å². The summed E-state index contributed by atoms with van der Waals surface area (Å²) in [5.41, 5.74) is 3.14. The van der Waals surface area contributed by atoms with Gasteiger partial charge in [0.1, 0.15) is 11.8 Å². The molecule has 0 saturated carbocycles. The van der Waals surface area contributed by atoms with Crippen LogP contribution in [0.2, 0.25) is 0 Å². The van der Waals surface area contributed by atoms with E-state index in [2.05, 4.69) is 10.1 Å². The molecule has 0 N–H and O–H groups in total. The molecule has 124 valence electrons. The Kier molecular flexibility index (Phi) is 3.78. The van der Waals surface area contributed by atoms with Crippen molar-refractivity contribution in [3.05, 3.63) is 35.4 Å². The van der Waals surface area contributed by atoms with Crippen LogP contribution in [0.1, 0.15) is 44.8 Å². The highest BCUT2D eigenvalue weighted by atomic mass is 16.7. The van der Waals surface area contributed by atoms with Crippen molar-refractivity contribution in [1.82, 2.24) is 14.8 Å². The zero-order valence-corrected chi connectivity index (χ0v) is 14.9. The van der Waals surface area contributed by atoms with Crippen molar-refractivity contribution < 1.29 is 9.31 Å². The lowest BCUT2D eigenvalue weighted by Crippen LogP contribution is -2.41. The van der Waals surface area contributed by atoms with Crippen LogP contribution in [0, 0.1) is 25.2 Å². The number of pyridine rings is 1. The van der Waals surface area contributed by atoms with E-state index in [1.165, 1.54) is 0 Å². The maximum Gasteiger partial charge on any atom is 0.498 e. The fourth-order valence-corrected chi connectivity index (χ4v) is 2.79. The van der Waals surface area contributed by atoms with Crippen LogP contribution in [0.4, 0.5) is 0 Å². The lowest BCUT2D eigenvalue weighted by Gasteiger charge is -2.32. The maximum absolute atomic E-state index is 8.88. The first-order valence-electron chi connectivity index (χ1n) is 7.94. The molecule has 0 aromatic carbocycles. The van der Waals surface area contributed by atoms with E-state index in [1.54, 1.807) is 12.3 Å². The summed E-state index contributed by atoms with van der Waals surface area (Å²) in [7, 11) is -0.449. The smallest absolute Gasteiger partial charge is 0.399 e. The van der Waals surface area contributed by atoms with Crippen LogP contribution in [0.5, 0.6) is 0 Å². The Morgan fingerprint density at radius 2 is 1.75 bits per heavy atom. The molecule has 24 heavy (non-hydrogen) atoms. The van der Waals surface area contributed by atoms with Gasteiger partial charge in [0.05, 0.1) is 28.8 Å². The average Bonchev–Trinajstić information content (AvgIpc) is 2.91. The molecule has 3 heterocycles. The second kappa shape index (κ2) is 5.44. The number of nitriles is 1. The molecule has 0 atom stereocenters. The predicted molar refractivity (Wildman–Crippen MR) is 91.3 cm³/mol. The summed E-state index contributed by atoms with van der Waals surface area (Å²) in [6.45, 7) is 12.1. The molecule has 0 spiro atoms. The van der Waals surface area contributed by atoms with Gasteiger partial charge in [-0.05, 0) is 53.7 Å². The molecule has 1 aliphatic rings. The highest BCUT2D eigenvalue weighted by Crippen LogP contribution is 2.37. The third kappa shape index (κ3) is 2.52. The minimum Gasteiger partial charge on any atom is -0.399 e. The summed E-state index contributed by atoms with van der Waals surface area (Å²) in [5, 5.41) is 13.5. The molecular weight excluding hydrogens is 303 g/mol. The van der Waals surface area contributed by atoms with Gasteiger partial charge < -0.3 is 9.31 Å². The normalized spacial score (nSPS) is 18.6. The van der Waals surface area contributed by atoms with E-state index in [0.29, 0.717) is 5.69 Å². The first-order chi connectivity index (χ1) is 11.2. The van der Waals surface area contributed by atoms with Crippen molar-refractivity contribution in [2.45, 2.75) is 52.7 Å². The molecule has 2 aromatic heterocycles. The van der Waals surface area contributed by atoms with Gasteiger partial charge in [-0.15, -0.1) is 0 Å². The van der Waals surface area contributed by atoms with E-state index in [-0.39, 0.29) is 0 Å². The number of hydrogen-bond donors (Lipinski definition) is 0. The Hall–Kier alpha value is -2.17. The molecule has 0 bridgehead atoms. The molecule has 6 nitrogen and oxygen atoms in total. The fraction of sp³-hybridized carbons (Fsp3) is 0.471. The molecule has 0 radical (unpaired) electrons. The number of aromatic nitrogens is 3. The van der Waals surface area contributed by atoms with E-state index in [4.69, 9.17) is 14.6 Å². The lowest BCUT2D eigenvalue weighted by atomic mass is 9.77. The SMILES string of the molecule is Cc1nn(-c2ccc(C#N)nc2)c(C)c1B1OC(C)(C)C(C)(C)O1. The van der Waals surface area contributed by atoms with E-state index in [9.17, 15) is 0 Å². The zero-order chi connectivity index (χ0) is 17.7. The van der Waals surface area contributed by atoms with Gasteiger partial charge in [-0.3, -0.25) is 0 Å². The second-order valence-electron chi connectivity index (χ2n) is 7.10. The Balaban J connectivity index is 2.00. The number of hydrogen-bond acceptors (Lipinski definition) is 5. The molecule has 0 amide bonds. The van der Waals surface area contributed by atoms with Gasteiger partial charge >= 0.3 is 7.12 Å². The molecule has 2 aromatic rings. The fourth-order valence-electron chi connectivity index (χ4n) is 2.79. The molecule has 1 saturated heterocycles. The molecule has 7 heteroatoms. The average molecular weight is 324 g/mol. The van der Waals surface area contributed by atoms with Crippen molar-refractivity contribution in [1.29, 1.82) is 5.26 Å². The van der Waals surface area contributed by atoms with Crippen LogP contribution in [0.15, 0.2) is 18.3 Å². The van der Waals surface area contributed by atoms with Gasteiger partial charge in [0.2, 0.25) is 0 Å². The van der Waals surface area contributed by atoms with Crippen LogP contribution >= 0.6 is 0 Å². The third-order valence-electron chi connectivity index (χ3n) is 4.94. The van der Waals surface area contributed by atoms with Gasteiger partial charge in [0, 0.05) is 11.2 Å². The number of nitrogens with zero attached hydrogens (tertiary/aromatic N) is 4. The summed E-state index contributed by atoms with van der Waals surface area (Å²) in [6.07, 6.45) is 1.64. The van der Waals surface area contributed by atoms with E-state index in [1.807, 2.05) is 58.4 Å². The third-order valence-corrected chi connectivity index (χ3v) is 4.94. The predicted octanol–water partition coefficient (Wildman–Crippen LogP) is 2.06. The highest BCUT2D eigenvalue weighted by molar-refractivity contribution is 6.63. The summed E-state index contributed by atoms with van der Waals surface area (Å²) >= 11 is 0. The summed E-state index contributed by atoms with van der Waals surface area (Å²) in [5.74, 6) is 0. The highest BCUT2D eigenvalue weighted by Gasteiger charge is 2.53. The van der Waals surface area contributed by atoms with E-state index >= 15 is 0 Å². The van der Waals surface area contributed by atoms with Crippen LogP contribution in [-0.2, 0) is 9.31 Å². The summed E-state index contributed by atoms with van der Waals surface area (Å²) in [6, 6.07) is 5.53. The molecule has 1 aliphatic heterocycles. The van der Waals surface area contributed by atoms with Crippen molar-refractivity contribution in [2.75, 3.05) is 0 Å². The van der Waals surface area contributed by atoms with Crippen LogP contribution < -0.4 is 5.46 Å². The first kappa shape index (κ1) is 16.7. The molecule has 0 unspecified atom stereocenters.